The highest BCUT2D eigenvalue weighted by molar-refractivity contribution is 5.93. The lowest BCUT2D eigenvalue weighted by molar-refractivity contribution is 0.309. The van der Waals surface area contributed by atoms with Gasteiger partial charge in [0, 0.05) is 5.92 Å². The molecule has 172 valence electrons. The number of fused-ring (bicyclic) bond motifs is 5. The van der Waals surface area contributed by atoms with E-state index in [1.165, 1.54) is 34.0 Å². The van der Waals surface area contributed by atoms with Gasteiger partial charge in [-0.3, -0.25) is 0 Å². The van der Waals surface area contributed by atoms with Crippen molar-refractivity contribution in [3.8, 4) is 40.0 Å². The summed E-state index contributed by atoms with van der Waals surface area (Å²) in [5.74, 6) is 0.343. The third-order valence-corrected chi connectivity index (χ3v) is 6.54. The topological polar surface area (TPSA) is 88.4 Å². The fourth-order valence-electron chi connectivity index (χ4n) is 4.99. The van der Waals surface area contributed by atoms with Crippen LogP contribution in [0.25, 0.3) is 33.3 Å². The van der Waals surface area contributed by atoms with Crippen molar-refractivity contribution in [3.05, 3.63) is 95.8 Å². The maximum atomic E-state index is 10.5. The summed E-state index contributed by atoms with van der Waals surface area (Å²) in [6.07, 6.45) is 0.704. The Balaban J connectivity index is 1.58. The van der Waals surface area contributed by atoms with Gasteiger partial charge in [0.25, 0.3) is 0 Å². The summed E-state index contributed by atoms with van der Waals surface area (Å²) in [5.41, 5.74) is 4.89. The molecule has 6 rings (SSSR count). The molecular weight excluding hydrogens is 438 g/mol. The van der Waals surface area contributed by atoms with Crippen LogP contribution in [0, 0.1) is 0 Å². The SMILES string of the molecule is CCOc1nc(-c2c(O)cccc2O)nc(C2Cc3c(ccc4ccccc34)-c3ccccc32)n1. The molecule has 0 radical (unpaired) electrons. The predicted octanol–water partition coefficient (Wildman–Crippen LogP) is 5.86. The zero-order chi connectivity index (χ0) is 23.9. The molecule has 0 saturated carbocycles. The second kappa shape index (κ2) is 8.40. The van der Waals surface area contributed by atoms with E-state index in [0.717, 1.165) is 11.1 Å². The Labute approximate surface area is 202 Å². The highest BCUT2D eigenvalue weighted by Gasteiger charge is 2.30. The summed E-state index contributed by atoms with van der Waals surface area (Å²) in [6.45, 7) is 2.24. The Kier molecular flexibility index (Phi) is 5.07. The molecule has 6 nitrogen and oxygen atoms in total. The van der Waals surface area contributed by atoms with E-state index in [0.29, 0.717) is 18.9 Å². The number of rotatable bonds is 4. The molecule has 2 N–H and O–H groups in total. The second-order valence-corrected chi connectivity index (χ2v) is 8.56. The Morgan fingerprint density at radius 3 is 2.40 bits per heavy atom. The molecule has 1 atom stereocenters. The average molecular weight is 462 g/mol. The van der Waals surface area contributed by atoms with Gasteiger partial charge in [0.1, 0.15) is 22.9 Å². The van der Waals surface area contributed by atoms with Crippen LogP contribution in [-0.4, -0.2) is 31.8 Å². The molecule has 4 aromatic carbocycles. The summed E-state index contributed by atoms with van der Waals surface area (Å²) >= 11 is 0. The van der Waals surface area contributed by atoms with Crippen molar-refractivity contribution >= 4 is 10.8 Å². The Morgan fingerprint density at radius 1 is 0.800 bits per heavy atom. The number of phenols is 2. The van der Waals surface area contributed by atoms with Crippen LogP contribution in [0.3, 0.4) is 0 Å². The molecule has 0 amide bonds. The molecule has 0 saturated heterocycles. The lowest BCUT2D eigenvalue weighted by Gasteiger charge is -2.28. The summed E-state index contributed by atoms with van der Waals surface area (Å²) in [4.78, 5) is 13.8. The summed E-state index contributed by atoms with van der Waals surface area (Å²) in [5, 5.41) is 23.3. The Morgan fingerprint density at radius 2 is 1.57 bits per heavy atom. The zero-order valence-corrected chi connectivity index (χ0v) is 19.1. The smallest absolute Gasteiger partial charge is 0.320 e. The van der Waals surface area contributed by atoms with Gasteiger partial charge in [-0.1, -0.05) is 66.7 Å². The van der Waals surface area contributed by atoms with E-state index in [1.807, 2.05) is 19.1 Å². The number of hydrogen-bond donors (Lipinski definition) is 2. The monoisotopic (exact) mass is 461 g/mol. The maximum Gasteiger partial charge on any atom is 0.320 e. The Bertz CT molecular complexity index is 1560. The van der Waals surface area contributed by atoms with Gasteiger partial charge in [0.15, 0.2) is 5.82 Å². The highest BCUT2D eigenvalue weighted by Crippen LogP contribution is 2.45. The van der Waals surface area contributed by atoms with Gasteiger partial charge in [-0.25, -0.2) is 4.98 Å². The number of aromatic nitrogens is 3. The van der Waals surface area contributed by atoms with Crippen molar-refractivity contribution in [2.24, 2.45) is 0 Å². The minimum Gasteiger partial charge on any atom is -0.507 e. The van der Waals surface area contributed by atoms with E-state index in [1.54, 1.807) is 6.07 Å². The van der Waals surface area contributed by atoms with Gasteiger partial charge >= 0.3 is 6.01 Å². The first-order valence-corrected chi connectivity index (χ1v) is 11.6. The molecule has 6 heteroatoms. The molecule has 5 aromatic rings. The van der Waals surface area contributed by atoms with Gasteiger partial charge in [-0.15, -0.1) is 0 Å². The standard InChI is InChI=1S/C29H23N3O3/c1-2-35-29-31-27(30-28(32-29)26-24(33)12-7-13-25(26)34)23-16-22-18-9-4-3-8-17(18)14-15-21(22)19-10-5-6-11-20(19)23/h3-15,23,33-34H,2,16H2,1H3. The molecule has 0 spiro atoms. The quantitative estimate of drug-likeness (QED) is 0.349. The number of benzene rings is 4. The van der Waals surface area contributed by atoms with Crippen LogP contribution in [0.15, 0.2) is 78.9 Å². The van der Waals surface area contributed by atoms with Crippen molar-refractivity contribution in [1.82, 2.24) is 15.0 Å². The molecule has 0 bridgehead atoms. The van der Waals surface area contributed by atoms with Crippen molar-refractivity contribution in [2.75, 3.05) is 6.61 Å². The summed E-state index contributed by atoms with van der Waals surface area (Å²) in [6, 6.07) is 25.8. The van der Waals surface area contributed by atoms with Gasteiger partial charge < -0.3 is 14.9 Å². The molecule has 1 aromatic heterocycles. The molecule has 1 aliphatic carbocycles. The maximum absolute atomic E-state index is 10.5. The molecule has 1 heterocycles. The minimum absolute atomic E-state index is 0.106. The molecule has 0 fully saturated rings. The zero-order valence-electron chi connectivity index (χ0n) is 19.1. The van der Waals surface area contributed by atoms with Crippen LogP contribution in [0.4, 0.5) is 0 Å². The first-order valence-electron chi connectivity index (χ1n) is 11.6. The van der Waals surface area contributed by atoms with Crippen LogP contribution >= 0.6 is 0 Å². The predicted molar refractivity (Wildman–Crippen MR) is 135 cm³/mol. The van der Waals surface area contributed by atoms with E-state index in [-0.39, 0.29) is 34.8 Å². The van der Waals surface area contributed by atoms with E-state index in [2.05, 4.69) is 58.5 Å². The highest BCUT2D eigenvalue weighted by atomic mass is 16.5. The fraction of sp³-hybridized carbons (Fsp3) is 0.138. The lowest BCUT2D eigenvalue weighted by atomic mass is 9.76. The van der Waals surface area contributed by atoms with Crippen LogP contribution in [0.1, 0.15) is 29.8 Å². The Hall–Kier alpha value is -4.45. The number of phenolic OH excluding ortho intramolecular Hbond substituents is 2. The van der Waals surface area contributed by atoms with E-state index in [4.69, 9.17) is 9.72 Å². The van der Waals surface area contributed by atoms with Gasteiger partial charge in [-0.2, -0.15) is 9.97 Å². The molecular formula is C29H23N3O3. The lowest BCUT2D eigenvalue weighted by Crippen LogP contribution is -2.17. The molecule has 35 heavy (non-hydrogen) atoms. The molecule has 1 aliphatic rings. The van der Waals surface area contributed by atoms with Crippen LogP contribution < -0.4 is 4.74 Å². The fourth-order valence-corrected chi connectivity index (χ4v) is 4.99. The third kappa shape index (κ3) is 3.54. The second-order valence-electron chi connectivity index (χ2n) is 8.56. The number of ether oxygens (including phenoxy) is 1. The van der Waals surface area contributed by atoms with Crippen LogP contribution in [0.5, 0.6) is 17.5 Å². The van der Waals surface area contributed by atoms with Crippen molar-refractivity contribution in [2.45, 2.75) is 19.3 Å². The molecule has 1 unspecified atom stereocenters. The number of nitrogens with zero attached hydrogens (tertiary/aromatic N) is 3. The normalized spacial score (nSPS) is 14.4. The summed E-state index contributed by atoms with van der Waals surface area (Å²) in [7, 11) is 0. The number of hydrogen-bond acceptors (Lipinski definition) is 6. The van der Waals surface area contributed by atoms with Crippen molar-refractivity contribution < 1.29 is 14.9 Å². The van der Waals surface area contributed by atoms with E-state index >= 15 is 0 Å². The average Bonchev–Trinajstić information content (AvgIpc) is 2.88. The third-order valence-electron chi connectivity index (χ3n) is 6.54. The van der Waals surface area contributed by atoms with Crippen LogP contribution in [0.2, 0.25) is 0 Å². The van der Waals surface area contributed by atoms with E-state index in [9.17, 15) is 10.2 Å². The summed E-state index contributed by atoms with van der Waals surface area (Å²) < 4.78 is 5.68. The van der Waals surface area contributed by atoms with Gasteiger partial charge in [-0.05, 0) is 58.5 Å². The van der Waals surface area contributed by atoms with Gasteiger partial charge in [0.05, 0.1) is 6.61 Å². The largest absolute Gasteiger partial charge is 0.507 e. The molecule has 0 aliphatic heterocycles. The first kappa shape index (κ1) is 21.1. The van der Waals surface area contributed by atoms with E-state index < -0.39 is 0 Å². The van der Waals surface area contributed by atoms with Crippen molar-refractivity contribution in [1.29, 1.82) is 0 Å². The van der Waals surface area contributed by atoms with Gasteiger partial charge in [0.2, 0.25) is 0 Å². The first-order chi connectivity index (χ1) is 17.1. The minimum atomic E-state index is -0.154. The van der Waals surface area contributed by atoms with Crippen molar-refractivity contribution in [3.63, 3.8) is 0 Å². The van der Waals surface area contributed by atoms with Crippen LogP contribution in [-0.2, 0) is 6.42 Å². The number of aromatic hydroxyl groups is 2.